The zero-order valence-corrected chi connectivity index (χ0v) is 29.9. The summed E-state index contributed by atoms with van der Waals surface area (Å²) in [6.07, 6.45) is 9.68. The van der Waals surface area contributed by atoms with E-state index in [0.717, 1.165) is 27.9 Å². The fraction of sp³-hybridized carbons (Fsp3) is 0. The second-order valence-corrected chi connectivity index (χ2v) is 15.0. The first kappa shape index (κ1) is 30.7. The van der Waals surface area contributed by atoms with E-state index in [0.29, 0.717) is 5.71 Å². The molecule has 10 aromatic rings. The number of hydrogen-bond acceptors (Lipinski definition) is 3. The van der Waals surface area contributed by atoms with Gasteiger partial charge in [0, 0.05) is 52.9 Å². The van der Waals surface area contributed by atoms with Crippen molar-refractivity contribution in [1.29, 1.82) is 5.41 Å². The van der Waals surface area contributed by atoms with Gasteiger partial charge in [0.2, 0.25) is 0 Å². The smallest absolute Gasteiger partial charge is 0.100 e. The van der Waals surface area contributed by atoms with Crippen molar-refractivity contribution in [3.05, 3.63) is 187 Å². The number of nitrogens with one attached hydrogen (secondary N) is 1. The third-order valence-electron chi connectivity index (χ3n) is 10.9. The lowest BCUT2D eigenvalue weighted by molar-refractivity contribution is 1.31. The van der Waals surface area contributed by atoms with E-state index in [2.05, 4.69) is 138 Å². The summed E-state index contributed by atoms with van der Waals surface area (Å²) in [6.45, 7) is 0. The van der Waals surface area contributed by atoms with E-state index in [4.69, 9.17) is 10.4 Å². The molecule has 2 aromatic heterocycles. The number of benzene rings is 8. The highest BCUT2D eigenvalue weighted by Gasteiger charge is 2.20. The van der Waals surface area contributed by atoms with Gasteiger partial charge in [0.05, 0.1) is 22.4 Å². The van der Waals surface area contributed by atoms with E-state index in [1.807, 2.05) is 60.2 Å². The molecule has 0 radical (unpaired) electrons. The minimum absolute atomic E-state index is 0.443. The maximum absolute atomic E-state index is 8.83. The number of aliphatic imine (C=N–C) groups is 1. The molecule has 0 atom stereocenters. The van der Waals surface area contributed by atoms with Crippen LogP contribution in [0.1, 0.15) is 5.56 Å². The molecule has 0 unspecified atom stereocenters. The number of allylic oxidation sites excluding steroid dienone is 5. The van der Waals surface area contributed by atoms with Gasteiger partial charge >= 0.3 is 0 Å². The van der Waals surface area contributed by atoms with E-state index in [1.165, 1.54) is 74.4 Å². The predicted molar refractivity (Wildman–Crippen MR) is 234 cm³/mol. The quantitative estimate of drug-likeness (QED) is 0.108. The molecular weight excluding hydrogens is 675 g/mol. The van der Waals surface area contributed by atoms with Gasteiger partial charge in [-0.3, -0.25) is 4.57 Å². The first-order valence-electron chi connectivity index (χ1n) is 18.2. The molecule has 252 valence electrons. The molecule has 8 aromatic carbocycles. The Bertz CT molecular complexity index is 3330. The van der Waals surface area contributed by atoms with Crippen LogP contribution >= 0.6 is 11.3 Å². The molecule has 4 heteroatoms. The van der Waals surface area contributed by atoms with Gasteiger partial charge in [-0.05, 0) is 69.1 Å². The summed E-state index contributed by atoms with van der Waals surface area (Å²) in [5, 5.41) is 21.1. The Kier molecular flexibility index (Phi) is 6.88. The fourth-order valence-corrected chi connectivity index (χ4v) is 9.51. The Morgan fingerprint density at radius 1 is 0.537 bits per heavy atom. The summed E-state index contributed by atoms with van der Waals surface area (Å²) in [6, 6.07) is 54.8. The van der Waals surface area contributed by atoms with Crippen molar-refractivity contribution < 1.29 is 0 Å². The van der Waals surface area contributed by atoms with Crippen LogP contribution in [0.3, 0.4) is 0 Å². The normalized spacial score (nSPS) is 14.3. The molecule has 0 bridgehead atoms. The molecule has 1 N–H and O–H groups in total. The Balaban J connectivity index is 1.26. The lowest BCUT2D eigenvalue weighted by Gasteiger charge is -2.13. The van der Waals surface area contributed by atoms with Gasteiger partial charge in [-0.25, -0.2) is 4.99 Å². The van der Waals surface area contributed by atoms with Crippen LogP contribution in [-0.4, -0.2) is 16.6 Å². The topological polar surface area (TPSA) is 41.1 Å². The maximum Gasteiger partial charge on any atom is 0.100 e. The summed E-state index contributed by atoms with van der Waals surface area (Å²) in [5.41, 5.74) is 7.54. The van der Waals surface area contributed by atoms with Gasteiger partial charge in [0.25, 0.3) is 0 Å². The van der Waals surface area contributed by atoms with Gasteiger partial charge in [-0.1, -0.05) is 140 Å². The highest BCUT2D eigenvalue weighted by molar-refractivity contribution is 7.25. The molecule has 54 heavy (non-hydrogen) atoms. The van der Waals surface area contributed by atoms with Crippen LogP contribution < -0.4 is 0 Å². The minimum Gasteiger partial charge on any atom is -0.300 e. The first-order valence-corrected chi connectivity index (χ1v) is 19.0. The third-order valence-corrected chi connectivity index (χ3v) is 12.0. The highest BCUT2D eigenvalue weighted by Crippen LogP contribution is 2.45. The number of thiophene rings is 1. The average Bonchev–Trinajstić information content (AvgIpc) is 3.77. The number of aromatic nitrogens is 1. The van der Waals surface area contributed by atoms with Crippen LogP contribution in [0.2, 0.25) is 0 Å². The molecule has 3 nitrogen and oxygen atoms in total. The third kappa shape index (κ3) is 4.67. The Morgan fingerprint density at radius 3 is 2.07 bits per heavy atom. The van der Waals surface area contributed by atoms with Crippen LogP contribution in [0.15, 0.2) is 187 Å². The number of fused-ring (bicyclic) bond motifs is 13. The van der Waals surface area contributed by atoms with E-state index in [9.17, 15) is 0 Å². The lowest BCUT2D eigenvalue weighted by Crippen LogP contribution is -2.03. The van der Waals surface area contributed by atoms with Crippen molar-refractivity contribution in [1.82, 2.24) is 4.57 Å². The van der Waals surface area contributed by atoms with E-state index < -0.39 is 0 Å². The monoisotopic (exact) mass is 705 g/mol. The molecular formula is C50H31N3S. The van der Waals surface area contributed by atoms with Crippen molar-refractivity contribution in [3.63, 3.8) is 0 Å². The zero-order chi connectivity index (χ0) is 35.8. The van der Waals surface area contributed by atoms with Gasteiger partial charge < -0.3 is 5.41 Å². The fourth-order valence-electron chi connectivity index (χ4n) is 8.43. The SMILES string of the molecule is N=C1C=CC=C/C1=C(/N=Cn1c2ccc(-c3ccc4sc5ccccc5c4c3)cc2c2c3c4ccccc4ccc3c3ccccc3c21)c1ccccc1. The van der Waals surface area contributed by atoms with Crippen molar-refractivity contribution in [2.45, 2.75) is 0 Å². The highest BCUT2D eigenvalue weighted by atomic mass is 32.1. The second kappa shape index (κ2) is 12.1. The zero-order valence-electron chi connectivity index (χ0n) is 29.1. The van der Waals surface area contributed by atoms with Gasteiger partial charge in [0.15, 0.2) is 0 Å². The number of hydrogen-bond donors (Lipinski definition) is 1. The van der Waals surface area contributed by atoms with Crippen molar-refractivity contribution in [2.75, 3.05) is 0 Å². The molecule has 1 aliphatic rings. The molecule has 0 spiro atoms. The Hall–Kier alpha value is -6.88. The van der Waals surface area contributed by atoms with Crippen LogP contribution in [0.4, 0.5) is 0 Å². The van der Waals surface area contributed by atoms with Crippen molar-refractivity contribution in [2.24, 2.45) is 4.99 Å². The van der Waals surface area contributed by atoms with Crippen LogP contribution in [-0.2, 0) is 0 Å². The van der Waals surface area contributed by atoms with E-state index in [-0.39, 0.29) is 0 Å². The largest absolute Gasteiger partial charge is 0.300 e. The predicted octanol–water partition coefficient (Wildman–Crippen LogP) is 13.7. The average molecular weight is 706 g/mol. The summed E-state index contributed by atoms with van der Waals surface area (Å²) in [4.78, 5) is 5.29. The van der Waals surface area contributed by atoms with Crippen molar-refractivity contribution in [3.8, 4) is 11.1 Å². The lowest BCUT2D eigenvalue weighted by atomic mass is 9.92. The summed E-state index contributed by atoms with van der Waals surface area (Å²) < 4.78 is 4.90. The summed E-state index contributed by atoms with van der Waals surface area (Å²) in [5.74, 6) is 0. The molecule has 0 fully saturated rings. The van der Waals surface area contributed by atoms with Crippen LogP contribution in [0.5, 0.6) is 0 Å². The van der Waals surface area contributed by atoms with Gasteiger partial charge in [-0.2, -0.15) is 0 Å². The molecule has 0 saturated heterocycles. The van der Waals surface area contributed by atoms with Crippen LogP contribution in [0.25, 0.3) is 91.1 Å². The van der Waals surface area contributed by atoms with Gasteiger partial charge in [0.1, 0.15) is 6.34 Å². The molecule has 0 saturated carbocycles. The number of nitrogens with zero attached hydrogens (tertiary/aromatic N) is 2. The van der Waals surface area contributed by atoms with E-state index >= 15 is 0 Å². The molecule has 1 aliphatic carbocycles. The Morgan fingerprint density at radius 2 is 1.22 bits per heavy atom. The first-order chi connectivity index (χ1) is 26.7. The standard InChI is InChI=1S/C50H31N3S/c51-43-20-10-8-19-40(43)49(32-13-2-1-3-14-32)52-30-53-44-26-23-33(34-24-27-46-41(28-34)37-17-9-11-21-45(37)54-46)29-42(44)48-47-35-15-5-4-12-31(35)22-25-38(47)36-16-6-7-18-39(36)50(48)53/h1-30,51H/b49-40-,51-43?,52-30?. The number of rotatable bonds is 4. The molecule has 0 amide bonds. The Labute approximate surface area is 315 Å². The molecule has 0 aliphatic heterocycles. The summed E-state index contributed by atoms with van der Waals surface area (Å²) in [7, 11) is 0. The second-order valence-electron chi connectivity index (χ2n) is 13.9. The van der Waals surface area contributed by atoms with E-state index in [1.54, 1.807) is 0 Å². The van der Waals surface area contributed by atoms with Gasteiger partial charge in [-0.15, -0.1) is 11.3 Å². The maximum atomic E-state index is 8.83. The molecule has 2 heterocycles. The molecule has 11 rings (SSSR count). The minimum atomic E-state index is 0.443. The van der Waals surface area contributed by atoms with Crippen molar-refractivity contribution >= 4 is 103 Å². The summed E-state index contributed by atoms with van der Waals surface area (Å²) >= 11 is 1.85. The van der Waals surface area contributed by atoms with Crippen LogP contribution in [0, 0.1) is 5.41 Å².